The molecule has 0 aromatic rings. The van der Waals surface area contributed by atoms with Gasteiger partial charge in [0.05, 0.1) is 0 Å². The molecule has 3 nitrogen and oxygen atoms in total. The van der Waals surface area contributed by atoms with Gasteiger partial charge in [0.2, 0.25) is 0 Å². The Kier molecular flexibility index (Phi) is 24.2. The van der Waals surface area contributed by atoms with Gasteiger partial charge in [-0.3, -0.25) is 0 Å². The van der Waals surface area contributed by atoms with E-state index in [0.717, 1.165) is 19.3 Å². The predicted octanol–water partition coefficient (Wildman–Crippen LogP) is 9.08. The summed E-state index contributed by atoms with van der Waals surface area (Å²) in [6, 6.07) is 0. The second-order valence-corrected chi connectivity index (χ2v) is 9.20. The lowest BCUT2D eigenvalue weighted by atomic mass is 10.0. The Morgan fingerprint density at radius 2 is 0.900 bits per heavy atom. The van der Waals surface area contributed by atoms with Crippen LogP contribution in [0.5, 0.6) is 0 Å². The van der Waals surface area contributed by atoms with Crippen molar-refractivity contribution in [2.75, 3.05) is 6.61 Å². The average Bonchev–Trinajstić information content (AvgIpc) is 2.74. The zero-order valence-corrected chi connectivity index (χ0v) is 20.6. The van der Waals surface area contributed by atoms with Crippen LogP contribution in [-0.2, 0) is 9.53 Å². The maximum absolute atomic E-state index is 11.4. The van der Waals surface area contributed by atoms with Crippen molar-refractivity contribution >= 4 is 5.97 Å². The molecule has 0 bridgehead atoms. The molecule has 0 radical (unpaired) electrons. The highest BCUT2D eigenvalue weighted by Crippen LogP contribution is 2.14. The van der Waals surface area contributed by atoms with Crippen LogP contribution in [0.2, 0.25) is 0 Å². The normalized spacial score (nSPS) is 12.3. The summed E-state index contributed by atoms with van der Waals surface area (Å²) in [7, 11) is 0. The molecule has 0 aromatic heterocycles. The van der Waals surface area contributed by atoms with E-state index in [0.29, 0.717) is 13.0 Å². The van der Waals surface area contributed by atoms with Gasteiger partial charge in [-0.05, 0) is 12.8 Å². The Hall–Kier alpha value is -0.570. The lowest BCUT2D eigenvalue weighted by Crippen LogP contribution is -2.24. The first kappa shape index (κ1) is 29.4. The lowest BCUT2D eigenvalue weighted by molar-refractivity contribution is -0.151. The molecule has 0 fully saturated rings. The first-order valence-electron chi connectivity index (χ1n) is 13.6. The zero-order valence-electron chi connectivity index (χ0n) is 20.6. The van der Waals surface area contributed by atoms with Gasteiger partial charge in [-0.15, -0.1) is 0 Å². The van der Waals surface area contributed by atoms with Crippen LogP contribution in [0.4, 0.5) is 0 Å². The highest BCUT2D eigenvalue weighted by atomic mass is 16.5. The molecule has 0 rings (SSSR count). The second-order valence-electron chi connectivity index (χ2n) is 9.20. The van der Waals surface area contributed by atoms with Crippen LogP contribution in [0.15, 0.2) is 0 Å². The first-order chi connectivity index (χ1) is 14.7. The van der Waals surface area contributed by atoms with Gasteiger partial charge in [0.1, 0.15) is 0 Å². The van der Waals surface area contributed by atoms with Crippen LogP contribution in [0.3, 0.4) is 0 Å². The quantitative estimate of drug-likeness (QED) is 0.148. The molecule has 1 unspecified atom stereocenters. The number of rotatable bonds is 25. The molecule has 0 saturated carbocycles. The van der Waals surface area contributed by atoms with Gasteiger partial charge < -0.3 is 9.84 Å². The fourth-order valence-corrected chi connectivity index (χ4v) is 4.09. The van der Waals surface area contributed by atoms with Gasteiger partial charge in [0.25, 0.3) is 0 Å². The molecule has 0 aliphatic carbocycles. The van der Waals surface area contributed by atoms with Crippen molar-refractivity contribution in [2.24, 2.45) is 0 Å². The highest BCUT2D eigenvalue weighted by molar-refractivity contribution is 5.72. The summed E-state index contributed by atoms with van der Waals surface area (Å²) in [5.41, 5.74) is 0. The molecule has 1 atom stereocenters. The van der Waals surface area contributed by atoms with Gasteiger partial charge in [-0.1, -0.05) is 142 Å². The van der Waals surface area contributed by atoms with Crippen LogP contribution >= 0.6 is 0 Å². The van der Waals surface area contributed by atoms with Gasteiger partial charge in [-0.2, -0.15) is 0 Å². The maximum atomic E-state index is 11.4. The van der Waals surface area contributed by atoms with Crippen molar-refractivity contribution in [3.05, 3.63) is 0 Å². The predicted molar refractivity (Wildman–Crippen MR) is 130 cm³/mol. The van der Waals surface area contributed by atoms with Gasteiger partial charge >= 0.3 is 5.97 Å². The summed E-state index contributed by atoms with van der Waals surface area (Å²) in [5.74, 6) is -0.783. The summed E-state index contributed by atoms with van der Waals surface area (Å²) in [5, 5.41) is 9.37. The van der Waals surface area contributed by atoms with Crippen molar-refractivity contribution in [3.8, 4) is 0 Å². The minimum absolute atomic E-state index is 0.595. The molecule has 0 aliphatic rings. The first-order valence-corrected chi connectivity index (χ1v) is 13.6. The number of carboxylic acids is 1. The molecule has 0 saturated heterocycles. The third-order valence-electron chi connectivity index (χ3n) is 6.16. The minimum atomic E-state index is -0.783. The summed E-state index contributed by atoms with van der Waals surface area (Å²) in [6.07, 6.45) is 27.2. The largest absolute Gasteiger partial charge is 0.479 e. The summed E-state index contributed by atoms with van der Waals surface area (Å²) in [4.78, 5) is 11.4. The molecule has 0 heterocycles. The molecular weight excluding hydrogens is 372 g/mol. The maximum Gasteiger partial charge on any atom is 0.332 e. The number of carbonyl (C=O) groups is 1. The van der Waals surface area contributed by atoms with Crippen LogP contribution in [-0.4, -0.2) is 23.8 Å². The van der Waals surface area contributed by atoms with E-state index in [1.165, 1.54) is 116 Å². The molecule has 180 valence electrons. The van der Waals surface area contributed by atoms with Crippen LogP contribution < -0.4 is 0 Å². The number of aliphatic carboxylic acids is 1. The van der Waals surface area contributed by atoms with Crippen LogP contribution in [0, 0.1) is 0 Å². The van der Waals surface area contributed by atoms with E-state index in [2.05, 4.69) is 13.8 Å². The smallest absolute Gasteiger partial charge is 0.332 e. The van der Waals surface area contributed by atoms with E-state index in [4.69, 9.17) is 4.74 Å². The molecule has 0 amide bonds. The van der Waals surface area contributed by atoms with Crippen LogP contribution in [0.1, 0.15) is 155 Å². The fourth-order valence-electron chi connectivity index (χ4n) is 4.09. The molecule has 1 N–H and O–H groups in total. The number of carboxylic acid groups (broad SMARTS) is 1. The Labute approximate surface area is 188 Å². The third-order valence-corrected chi connectivity index (χ3v) is 6.16. The van der Waals surface area contributed by atoms with E-state index in [1.807, 2.05) is 0 Å². The van der Waals surface area contributed by atoms with E-state index >= 15 is 0 Å². The van der Waals surface area contributed by atoms with E-state index in [9.17, 15) is 9.90 Å². The topological polar surface area (TPSA) is 46.5 Å². The summed E-state index contributed by atoms with van der Waals surface area (Å²) < 4.78 is 5.67. The molecule has 3 heteroatoms. The Morgan fingerprint density at radius 1 is 0.567 bits per heavy atom. The van der Waals surface area contributed by atoms with Gasteiger partial charge in [0.15, 0.2) is 6.10 Å². The monoisotopic (exact) mass is 426 g/mol. The standard InChI is InChI=1S/C27H54O3/c1-3-5-7-9-11-13-15-17-19-21-23-25-30-26(27(28)29)24-22-20-18-16-14-12-10-8-6-4-2/h26H,3-25H2,1-2H3,(H,28,29). The number of hydrogen-bond acceptors (Lipinski definition) is 2. The fraction of sp³-hybridized carbons (Fsp3) is 0.963. The molecular formula is C27H54O3. The van der Waals surface area contributed by atoms with Crippen molar-refractivity contribution in [3.63, 3.8) is 0 Å². The van der Waals surface area contributed by atoms with Crippen molar-refractivity contribution in [2.45, 2.75) is 161 Å². The molecule has 0 aliphatic heterocycles. The average molecular weight is 427 g/mol. The van der Waals surface area contributed by atoms with Crippen molar-refractivity contribution in [1.29, 1.82) is 0 Å². The van der Waals surface area contributed by atoms with Gasteiger partial charge in [-0.25, -0.2) is 4.79 Å². The van der Waals surface area contributed by atoms with E-state index in [1.54, 1.807) is 0 Å². The van der Waals surface area contributed by atoms with E-state index in [-0.39, 0.29) is 0 Å². The molecule has 0 aromatic carbocycles. The Bertz CT molecular complexity index is 343. The highest BCUT2D eigenvalue weighted by Gasteiger charge is 2.16. The zero-order chi connectivity index (χ0) is 22.1. The Balaban J connectivity index is 3.43. The second kappa shape index (κ2) is 24.7. The summed E-state index contributed by atoms with van der Waals surface area (Å²) >= 11 is 0. The SMILES string of the molecule is CCCCCCCCCCCCCOC(CCCCCCCCCCCC)C(=O)O. The van der Waals surface area contributed by atoms with E-state index < -0.39 is 12.1 Å². The molecule has 30 heavy (non-hydrogen) atoms. The van der Waals surface area contributed by atoms with Crippen molar-refractivity contribution in [1.82, 2.24) is 0 Å². The summed E-state index contributed by atoms with van der Waals surface area (Å²) in [6.45, 7) is 5.12. The number of unbranched alkanes of at least 4 members (excludes halogenated alkanes) is 19. The minimum Gasteiger partial charge on any atom is -0.479 e. The number of hydrogen-bond donors (Lipinski definition) is 1. The third kappa shape index (κ3) is 22.1. The lowest BCUT2D eigenvalue weighted by Gasteiger charge is -2.13. The Morgan fingerprint density at radius 3 is 1.27 bits per heavy atom. The molecule has 0 spiro atoms. The van der Waals surface area contributed by atoms with Gasteiger partial charge in [0, 0.05) is 6.61 Å². The number of ether oxygens (including phenoxy) is 1. The van der Waals surface area contributed by atoms with Crippen LogP contribution in [0.25, 0.3) is 0 Å². The van der Waals surface area contributed by atoms with Crippen molar-refractivity contribution < 1.29 is 14.6 Å².